The van der Waals surface area contributed by atoms with E-state index in [2.05, 4.69) is 25.1 Å². The van der Waals surface area contributed by atoms with Gasteiger partial charge in [0.05, 0.1) is 5.69 Å². The average molecular weight is 442 g/mol. The van der Waals surface area contributed by atoms with E-state index in [1.54, 1.807) is 18.5 Å². The Bertz CT molecular complexity index is 1300. The molecular weight excluding hydrogens is 422 g/mol. The summed E-state index contributed by atoms with van der Waals surface area (Å²) in [5.74, 6) is 2.91. The number of ether oxygens (including phenoxy) is 1. The molecule has 8 heteroatoms. The molecule has 0 atom stereocenters. The lowest BCUT2D eigenvalue weighted by molar-refractivity contribution is 0.471. The van der Waals surface area contributed by atoms with Crippen LogP contribution in [0.25, 0.3) is 22.6 Å². The third-order valence-electron chi connectivity index (χ3n) is 4.77. The van der Waals surface area contributed by atoms with E-state index < -0.39 is 0 Å². The molecule has 32 heavy (non-hydrogen) atoms. The van der Waals surface area contributed by atoms with Crippen LogP contribution in [-0.4, -0.2) is 30.3 Å². The van der Waals surface area contributed by atoms with Crippen molar-refractivity contribution in [2.45, 2.75) is 10.9 Å². The second-order valence-corrected chi connectivity index (χ2v) is 7.93. The summed E-state index contributed by atoms with van der Waals surface area (Å²) in [6.07, 6.45) is 3.44. The third kappa shape index (κ3) is 4.50. The lowest BCUT2D eigenvalue weighted by Crippen LogP contribution is -1.86. The zero-order valence-corrected chi connectivity index (χ0v) is 17.7. The van der Waals surface area contributed by atoms with Crippen molar-refractivity contribution in [1.29, 1.82) is 0 Å². The second kappa shape index (κ2) is 8.99. The first kappa shape index (κ1) is 19.9. The summed E-state index contributed by atoms with van der Waals surface area (Å²) in [4.78, 5) is 11.9. The van der Waals surface area contributed by atoms with Crippen molar-refractivity contribution in [3.8, 4) is 39.9 Å². The summed E-state index contributed by atoms with van der Waals surface area (Å²) in [7, 11) is 0. The van der Waals surface area contributed by atoms with Crippen LogP contribution in [0.2, 0.25) is 0 Å². The number of nitrogens with one attached hydrogen (secondary N) is 2. The molecule has 0 aliphatic heterocycles. The Morgan fingerprint density at radius 3 is 2.50 bits per heavy atom. The van der Waals surface area contributed by atoms with Crippen molar-refractivity contribution in [3.05, 3.63) is 90.9 Å². The highest BCUT2D eigenvalue weighted by atomic mass is 32.2. The molecule has 0 radical (unpaired) electrons. The quantitative estimate of drug-likeness (QED) is 0.282. The van der Waals surface area contributed by atoms with Gasteiger partial charge >= 0.3 is 0 Å². The summed E-state index contributed by atoms with van der Waals surface area (Å²) in [6.45, 7) is 0. The van der Waals surface area contributed by atoms with Crippen LogP contribution in [0, 0.1) is 0 Å². The van der Waals surface area contributed by atoms with Crippen molar-refractivity contribution in [1.82, 2.24) is 25.1 Å². The molecule has 0 amide bonds. The maximum Gasteiger partial charge on any atom is 0.209 e. The smallest absolute Gasteiger partial charge is 0.209 e. The number of pyridine rings is 1. The Hall–Kier alpha value is -4.04. The van der Waals surface area contributed by atoms with Crippen molar-refractivity contribution < 1.29 is 9.84 Å². The molecule has 0 saturated heterocycles. The number of thioether (sulfide) groups is 1. The largest absolute Gasteiger partial charge is 0.506 e. The van der Waals surface area contributed by atoms with Crippen molar-refractivity contribution in [2.75, 3.05) is 0 Å². The van der Waals surface area contributed by atoms with Crippen LogP contribution in [0.4, 0.5) is 0 Å². The van der Waals surface area contributed by atoms with Gasteiger partial charge in [-0.15, -0.1) is 5.10 Å². The van der Waals surface area contributed by atoms with Crippen LogP contribution >= 0.6 is 11.8 Å². The average Bonchev–Trinajstić information content (AvgIpc) is 3.46. The number of benzene rings is 2. The minimum absolute atomic E-state index is 0.208. The predicted octanol–water partition coefficient (Wildman–Crippen LogP) is 5.65. The van der Waals surface area contributed by atoms with Crippen LogP contribution in [0.15, 0.2) is 90.3 Å². The molecule has 0 fully saturated rings. The minimum Gasteiger partial charge on any atom is -0.506 e. The fourth-order valence-corrected chi connectivity index (χ4v) is 3.92. The van der Waals surface area contributed by atoms with Gasteiger partial charge in [-0.1, -0.05) is 30.0 Å². The number of aromatic hydroxyl groups is 1. The molecule has 0 spiro atoms. The normalized spacial score (nSPS) is 10.9. The van der Waals surface area contributed by atoms with Crippen LogP contribution in [-0.2, 0) is 5.75 Å². The van der Waals surface area contributed by atoms with E-state index in [0.29, 0.717) is 22.4 Å². The summed E-state index contributed by atoms with van der Waals surface area (Å²) in [5.41, 5.74) is 3.36. The Kier molecular flexibility index (Phi) is 5.59. The monoisotopic (exact) mass is 441 g/mol. The SMILES string of the molecule is Oc1cc(-c2ccc(Oc3ccccc3)cc2)[nH]c1CSc1n[nH]c(-c2cccnc2)n1. The summed E-state index contributed by atoms with van der Waals surface area (Å²) in [5, 5.41) is 18.1. The van der Waals surface area contributed by atoms with Gasteiger partial charge < -0.3 is 14.8 Å². The van der Waals surface area contributed by atoms with E-state index in [1.165, 1.54) is 11.8 Å². The molecule has 3 heterocycles. The van der Waals surface area contributed by atoms with Gasteiger partial charge in [0.2, 0.25) is 5.16 Å². The van der Waals surface area contributed by atoms with Crippen molar-refractivity contribution in [3.63, 3.8) is 0 Å². The number of H-pyrrole nitrogens is 2. The van der Waals surface area contributed by atoms with Crippen LogP contribution in [0.5, 0.6) is 17.2 Å². The highest BCUT2D eigenvalue weighted by Gasteiger charge is 2.12. The van der Waals surface area contributed by atoms with Gasteiger partial charge in [-0.25, -0.2) is 4.98 Å². The number of aromatic amines is 2. The van der Waals surface area contributed by atoms with Gasteiger partial charge in [0, 0.05) is 35.5 Å². The van der Waals surface area contributed by atoms with Crippen molar-refractivity contribution in [2.24, 2.45) is 0 Å². The molecule has 0 aliphatic carbocycles. The van der Waals surface area contributed by atoms with Gasteiger partial charge in [0.15, 0.2) is 5.82 Å². The Morgan fingerprint density at radius 2 is 1.72 bits per heavy atom. The lowest BCUT2D eigenvalue weighted by atomic mass is 10.1. The molecule has 0 unspecified atom stereocenters. The topological polar surface area (TPSA) is 99.7 Å². The van der Waals surface area contributed by atoms with E-state index in [0.717, 1.165) is 28.3 Å². The van der Waals surface area contributed by atoms with Gasteiger partial charge in [-0.2, -0.15) is 0 Å². The summed E-state index contributed by atoms with van der Waals surface area (Å²) in [6, 6.07) is 22.9. The zero-order chi connectivity index (χ0) is 21.8. The highest BCUT2D eigenvalue weighted by Crippen LogP contribution is 2.32. The molecule has 5 aromatic rings. The molecule has 3 N–H and O–H groups in total. The van der Waals surface area contributed by atoms with E-state index in [4.69, 9.17) is 4.74 Å². The molecule has 7 nitrogen and oxygen atoms in total. The van der Waals surface area contributed by atoms with Gasteiger partial charge in [-0.3, -0.25) is 10.1 Å². The molecule has 158 valence electrons. The van der Waals surface area contributed by atoms with Gasteiger partial charge in [0.1, 0.15) is 17.2 Å². The molecule has 0 bridgehead atoms. The van der Waals surface area contributed by atoms with Crippen LogP contribution in [0.3, 0.4) is 0 Å². The minimum atomic E-state index is 0.208. The van der Waals surface area contributed by atoms with E-state index in [-0.39, 0.29) is 5.75 Å². The first-order chi connectivity index (χ1) is 15.7. The number of hydrogen-bond donors (Lipinski definition) is 3. The standard InChI is InChI=1S/C24H19N5O2S/c30-22-13-20(16-8-10-19(11-9-16)31-18-6-2-1-3-7-18)26-21(22)15-32-24-27-23(28-29-24)17-5-4-12-25-14-17/h1-14,26,30H,15H2,(H,27,28,29). The maximum atomic E-state index is 10.4. The number of aromatic nitrogens is 5. The number of nitrogens with zero attached hydrogens (tertiary/aromatic N) is 3. The fourth-order valence-electron chi connectivity index (χ4n) is 3.16. The molecular formula is C24H19N5O2S. The zero-order valence-electron chi connectivity index (χ0n) is 16.9. The molecule has 5 rings (SSSR count). The Balaban J connectivity index is 1.25. The molecule has 0 saturated carbocycles. The number of para-hydroxylation sites is 1. The summed E-state index contributed by atoms with van der Waals surface area (Å²) < 4.78 is 5.84. The predicted molar refractivity (Wildman–Crippen MR) is 124 cm³/mol. The lowest BCUT2D eigenvalue weighted by Gasteiger charge is -2.06. The van der Waals surface area contributed by atoms with Gasteiger partial charge in [0.25, 0.3) is 0 Å². The third-order valence-corrected chi connectivity index (χ3v) is 5.64. The van der Waals surface area contributed by atoms with Crippen LogP contribution < -0.4 is 4.74 Å². The highest BCUT2D eigenvalue weighted by molar-refractivity contribution is 7.98. The fraction of sp³-hybridized carbons (Fsp3) is 0.0417. The van der Waals surface area contributed by atoms with Crippen LogP contribution in [0.1, 0.15) is 5.69 Å². The Labute approximate surface area is 188 Å². The first-order valence-electron chi connectivity index (χ1n) is 9.94. The molecule has 2 aromatic carbocycles. The maximum absolute atomic E-state index is 10.4. The van der Waals surface area contributed by atoms with Crippen molar-refractivity contribution >= 4 is 11.8 Å². The van der Waals surface area contributed by atoms with E-state index in [9.17, 15) is 5.11 Å². The Morgan fingerprint density at radius 1 is 0.906 bits per heavy atom. The molecule has 3 aromatic heterocycles. The van der Waals surface area contributed by atoms with Gasteiger partial charge in [-0.05, 0) is 54.1 Å². The number of hydrogen-bond acceptors (Lipinski definition) is 6. The summed E-state index contributed by atoms with van der Waals surface area (Å²) >= 11 is 1.43. The first-order valence-corrected chi connectivity index (χ1v) is 10.9. The van der Waals surface area contributed by atoms with E-state index >= 15 is 0 Å². The second-order valence-electron chi connectivity index (χ2n) is 6.98. The number of rotatable bonds is 7. The van der Waals surface area contributed by atoms with E-state index in [1.807, 2.05) is 66.7 Å². The molecule has 0 aliphatic rings.